The van der Waals surface area contributed by atoms with Gasteiger partial charge in [-0.3, -0.25) is 4.79 Å². The number of rotatable bonds is 5. The zero-order valence-corrected chi connectivity index (χ0v) is 10.8. The highest BCUT2D eigenvalue weighted by atomic mass is 16.3. The van der Waals surface area contributed by atoms with Crippen molar-refractivity contribution >= 4 is 5.91 Å². The topological polar surface area (TPSA) is 86.8 Å². The van der Waals surface area contributed by atoms with Crippen molar-refractivity contribution in [3.63, 3.8) is 0 Å². The summed E-state index contributed by atoms with van der Waals surface area (Å²) in [5, 5.41) is 19.1. The quantitative estimate of drug-likeness (QED) is 0.689. The molecule has 1 aromatic rings. The molecule has 0 aliphatic rings. The summed E-state index contributed by atoms with van der Waals surface area (Å²) in [6.07, 6.45) is 0.698. The van der Waals surface area contributed by atoms with Gasteiger partial charge in [-0.2, -0.15) is 0 Å². The Balaban J connectivity index is 2.98. The third-order valence-electron chi connectivity index (χ3n) is 2.73. The molecule has 5 nitrogen and oxygen atoms in total. The van der Waals surface area contributed by atoms with Crippen molar-refractivity contribution in [2.75, 3.05) is 13.1 Å². The minimum atomic E-state index is -0.374. The van der Waals surface area contributed by atoms with E-state index in [1.165, 1.54) is 18.2 Å². The lowest BCUT2D eigenvalue weighted by molar-refractivity contribution is 0.0701. The SMILES string of the molecule is CC(C)N(CCCN)C(=O)c1cccc(O)c1O. The van der Waals surface area contributed by atoms with Gasteiger partial charge in [0.2, 0.25) is 0 Å². The van der Waals surface area contributed by atoms with Crippen molar-refractivity contribution in [1.82, 2.24) is 4.90 Å². The lowest BCUT2D eigenvalue weighted by Gasteiger charge is -2.27. The number of para-hydroxylation sites is 1. The van der Waals surface area contributed by atoms with Crippen LogP contribution in [-0.2, 0) is 0 Å². The van der Waals surface area contributed by atoms with Crippen LogP contribution in [0.3, 0.4) is 0 Å². The minimum absolute atomic E-state index is 0.00537. The van der Waals surface area contributed by atoms with Crippen molar-refractivity contribution in [3.05, 3.63) is 23.8 Å². The van der Waals surface area contributed by atoms with Gasteiger partial charge in [0.15, 0.2) is 11.5 Å². The Morgan fingerprint density at radius 2 is 2.06 bits per heavy atom. The summed E-state index contributed by atoms with van der Waals surface area (Å²) in [6.45, 7) is 4.83. The van der Waals surface area contributed by atoms with E-state index in [0.29, 0.717) is 19.5 Å². The summed E-state index contributed by atoms with van der Waals surface area (Å²) in [7, 11) is 0. The largest absolute Gasteiger partial charge is 0.504 e. The summed E-state index contributed by atoms with van der Waals surface area (Å²) in [4.78, 5) is 13.9. The van der Waals surface area contributed by atoms with Gasteiger partial charge in [-0.25, -0.2) is 0 Å². The van der Waals surface area contributed by atoms with Crippen LogP contribution in [0.4, 0.5) is 0 Å². The second-order valence-corrected chi connectivity index (χ2v) is 4.41. The van der Waals surface area contributed by atoms with Gasteiger partial charge in [-0.15, -0.1) is 0 Å². The van der Waals surface area contributed by atoms with Crippen LogP contribution in [0, 0.1) is 0 Å². The fraction of sp³-hybridized carbons (Fsp3) is 0.462. The summed E-state index contributed by atoms with van der Waals surface area (Å²) < 4.78 is 0. The first kappa shape index (κ1) is 14.3. The molecule has 0 fully saturated rings. The molecule has 1 aromatic carbocycles. The molecule has 0 heterocycles. The Kier molecular flexibility index (Phi) is 4.97. The number of nitrogens with zero attached hydrogens (tertiary/aromatic N) is 1. The molecule has 0 atom stereocenters. The fourth-order valence-corrected chi connectivity index (χ4v) is 1.71. The summed E-state index contributed by atoms with van der Waals surface area (Å²) in [6, 6.07) is 4.37. The molecule has 0 aliphatic heterocycles. The molecule has 100 valence electrons. The highest BCUT2D eigenvalue weighted by molar-refractivity contribution is 5.97. The zero-order valence-electron chi connectivity index (χ0n) is 10.8. The van der Waals surface area contributed by atoms with E-state index in [-0.39, 0.29) is 29.0 Å². The Labute approximate surface area is 107 Å². The highest BCUT2D eigenvalue weighted by Crippen LogP contribution is 2.29. The molecule has 1 amide bonds. The van der Waals surface area contributed by atoms with Crippen LogP contribution in [0.2, 0.25) is 0 Å². The normalized spacial score (nSPS) is 10.7. The summed E-state index contributed by atoms with van der Waals surface area (Å²) >= 11 is 0. The summed E-state index contributed by atoms with van der Waals surface area (Å²) in [5.74, 6) is -0.962. The number of hydrogen-bond acceptors (Lipinski definition) is 4. The maximum atomic E-state index is 12.3. The number of carbonyl (C=O) groups excluding carboxylic acids is 1. The van der Waals surface area contributed by atoms with Gasteiger partial charge in [0, 0.05) is 12.6 Å². The molecule has 0 aliphatic carbocycles. The van der Waals surface area contributed by atoms with Crippen LogP contribution in [0.25, 0.3) is 0 Å². The number of aromatic hydroxyl groups is 2. The first-order chi connectivity index (χ1) is 8.49. The number of nitrogens with two attached hydrogens (primary N) is 1. The molecule has 0 saturated carbocycles. The molecule has 18 heavy (non-hydrogen) atoms. The Morgan fingerprint density at radius 1 is 1.39 bits per heavy atom. The molecule has 0 spiro atoms. The van der Waals surface area contributed by atoms with Crippen LogP contribution >= 0.6 is 0 Å². The zero-order chi connectivity index (χ0) is 13.7. The number of benzene rings is 1. The van der Waals surface area contributed by atoms with Gasteiger partial charge < -0.3 is 20.8 Å². The Hall–Kier alpha value is -1.75. The third kappa shape index (κ3) is 3.13. The van der Waals surface area contributed by atoms with Crippen molar-refractivity contribution in [2.45, 2.75) is 26.3 Å². The second kappa shape index (κ2) is 6.26. The maximum Gasteiger partial charge on any atom is 0.257 e. The monoisotopic (exact) mass is 252 g/mol. The number of phenolic OH excluding ortho intramolecular Hbond substituents is 2. The Morgan fingerprint density at radius 3 is 2.61 bits per heavy atom. The van der Waals surface area contributed by atoms with Gasteiger partial charge in [0.05, 0.1) is 5.56 Å². The number of carbonyl (C=O) groups is 1. The minimum Gasteiger partial charge on any atom is -0.504 e. The molecule has 0 saturated heterocycles. The lowest BCUT2D eigenvalue weighted by Crippen LogP contribution is -2.38. The first-order valence-corrected chi connectivity index (χ1v) is 6.01. The highest BCUT2D eigenvalue weighted by Gasteiger charge is 2.22. The molecule has 0 aromatic heterocycles. The van der Waals surface area contributed by atoms with Gasteiger partial charge >= 0.3 is 0 Å². The standard InChI is InChI=1S/C13H20N2O3/c1-9(2)15(8-4-7-14)13(18)10-5-3-6-11(16)12(10)17/h3,5-6,9,16-17H,4,7-8,14H2,1-2H3. The van der Waals surface area contributed by atoms with E-state index in [0.717, 1.165) is 0 Å². The predicted octanol–water partition coefficient (Wildman–Crippen LogP) is 1.30. The summed E-state index contributed by atoms with van der Waals surface area (Å²) in [5.41, 5.74) is 5.55. The molecular formula is C13H20N2O3. The molecule has 0 radical (unpaired) electrons. The van der Waals surface area contributed by atoms with Crippen molar-refractivity contribution in [1.29, 1.82) is 0 Å². The van der Waals surface area contributed by atoms with Crippen molar-refractivity contribution < 1.29 is 15.0 Å². The van der Waals surface area contributed by atoms with E-state index in [1.807, 2.05) is 13.8 Å². The molecule has 1 rings (SSSR count). The number of hydrogen-bond donors (Lipinski definition) is 3. The molecule has 4 N–H and O–H groups in total. The Bertz CT molecular complexity index is 419. The van der Waals surface area contributed by atoms with Gasteiger partial charge in [0.1, 0.15) is 0 Å². The van der Waals surface area contributed by atoms with E-state index >= 15 is 0 Å². The number of phenols is 2. The van der Waals surface area contributed by atoms with Gasteiger partial charge in [-0.05, 0) is 38.9 Å². The molecule has 0 bridgehead atoms. The first-order valence-electron chi connectivity index (χ1n) is 6.01. The smallest absolute Gasteiger partial charge is 0.257 e. The van der Waals surface area contributed by atoms with Crippen LogP contribution in [0.5, 0.6) is 11.5 Å². The van der Waals surface area contributed by atoms with Crippen molar-refractivity contribution in [3.8, 4) is 11.5 Å². The molecular weight excluding hydrogens is 232 g/mol. The van der Waals surface area contributed by atoms with E-state index in [9.17, 15) is 15.0 Å². The van der Waals surface area contributed by atoms with E-state index in [4.69, 9.17) is 5.73 Å². The van der Waals surface area contributed by atoms with E-state index in [1.54, 1.807) is 4.90 Å². The maximum absolute atomic E-state index is 12.3. The van der Waals surface area contributed by atoms with Gasteiger partial charge in [0.25, 0.3) is 5.91 Å². The van der Waals surface area contributed by atoms with E-state index < -0.39 is 0 Å². The van der Waals surface area contributed by atoms with Crippen LogP contribution in [0.1, 0.15) is 30.6 Å². The van der Waals surface area contributed by atoms with E-state index in [2.05, 4.69) is 0 Å². The third-order valence-corrected chi connectivity index (χ3v) is 2.73. The molecule has 5 heteroatoms. The van der Waals surface area contributed by atoms with Gasteiger partial charge in [-0.1, -0.05) is 6.07 Å². The van der Waals surface area contributed by atoms with Crippen LogP contribution in [-0.4, -0.2) is 40.2 Å². The average Bonchev–Trinajstić information content (AvgIpc) is 2.32. The molecule has 0 unspecified atom stereocenters. The van der Waals surface area contributed by atoms with Crippen molar-refractivity contribution in [2.24, 2.45) is 5.73 Å². The number of amides is 1. The second-order valence-electron chi connectivity index (χ2n) is 4.41. The lowest BCUT2D eigenvalue weighted by atomic mass is 10.1. The average molecular weight is 252 g/mol. The fourth-order valence-electron chi connectivity index (χ4n) is 1.71. The van der Waals surface area contributed by atoms with Crippen LogP contribution in [0.15, 0.2) is 18.2 Å². The van der Waals surface area contributed by atoms with Crippen LogP contribution < -0.4 is 5.73 Å². The predicted molar refractivity (Wildman–Crippen MR) is 69.6 cm³/mol.